The van der Waals surface area contributed by atoms with Crippen LogP contribution in [0.1, 0.15) is 18.2 Å². The van der Waals surface area contributed by atoms with Crippen molar-refractivity contribution in [3.63, 3.8) is 0 Å². The molecule has 1 heteroatoms. The van der Waals surface area contributed by atoms with E-state index >= 15 is 0 Å². The van der Waals surface area contributed by atoms with Gasteiger partial charge in [0.15, 0.2) is 0 Å². The van der Waals surface area contributed by atoms with Gasteiger partial charge in [-0.05, 0) is 48.9 Å². The number of hydrogen-bond acceptors (Lipinski definition) is 0. The minimum absolute atomic E-state index is 1.14. The normalized spacial score (nSPS) is 13.0. The first-order chi connectivity index (χ1) is 10.2. The Morgan fingerprint density at radius 3 is 2.33 bits per heavy atom. The molecular weight excluding hydrogens is 254 g/mol. The number of benzene rings is 1. The molecule has 0 spiro atoms. The number of allylic oxidation sites excluding steroid dienone is 3. The molecule has 1 aromatic heterocycles. The third-order valence-electron chi connectivity index (χ3n) is 3.51. The molecule has 0 aliphatic rings. The average Bonchev–Trinajstić information content (AvgIpc) is 2.78. The molecule has 0 fully saturated rings. The van der Waals surface area contributed by atoms with Gasteiger partial charge in [-0.2, -0.15) is 0 Å². The van der Waals surface area contributed by atoms with Crippen LogP contribution in [0, 0.1) is 6.92 Å². The lowest BCUT2D eigenvalue weighted by molar-refractivity contribution is 1.01. The molecule has 1 heterocycles. The molecule has 0 aliphatic carbocycles. The van der Waals surface area contributed by atoms with Crippen LogP contribution in [0.25, 0.3) is 23.9 Å². The van der Waals surface area contributed by atoms with Gasteiger partial charge >= 0.3 is 0 Å². The van der Waals surface area contributed by atoms with Crippen molar-refractivity contribution in [2.45, 2.75) is 13.8 Å². The molecule has 2 aromatic rings. The minimum atomic E-state index is 1.14. The zero-order valence-corrected chi connectivity index (χ0v) is 12.7. The van der Waals surface area contributed by atoms with Crippen LogP contribution in [0.3, 0.4) is 0 Å². The second-order valence-corrected chi connectivity index (χ2v) is 4.77. The van der Waals surface area contributed by atoms with Crippen LogP contribution in [0.4, 0.5) is 0 Å². The van der Waals surface area contributed by atoms with Gasteiger partial charge < -0.3 is 4.57 Å². The van der Waals surface area contributed by atoms with E-state index in [1.165, 1.54) is 16.5 Å². The molecule has 1 aromatic carbocycles. The van der Waals surface area contributed by atoms with E-state index in [2.05, 4.69) is 74.1 Å². The van der Waals surface area contributed by atoms with Crippen LogP contribution in [-0.2, 0) is 0 Å². The fourth-order valence-corrected chi connectivity index (χ4v) is 2.60. The van der Waals surface area contributed by atoms with Crippen molar-refractivity contribution >= 4 is 18.2 Å². The highest BCUT2D eigenvalue weighted by Gasteiger charge is 2.09. The molecule has 2 rings (SSSR count). The molecule has 0 unspecified atom stereocenters. The number of para-hydroxylation sites is 1. The topological polar surface area (TPSA) is 4.93 Å². The maximum absolute atomic E-state index is 3.85. The quantitative estimate of drug-likeness (QED) is 0.749. The zero-order valence-electron chi connectivity index (χ0n) is 12.7. The molecule has 1 nitrogen and oxygen atoms in total. The van der Waals surface area contributed by atoms with E-state index < -0.39 is 0 Å². The average molecular weight is 275 g/mol. The second kappa shape index (κ2) is 6.76. The third-order valence-corrected chi connectivity index (χ3v) is 3.51. The van der Waals surface area contributed by atoms with Crippen molar-refractivity contribution in [2.75, 3.05) is 0 Å². The van der Waals surface area contributed by atoms with Gasteiger partial charge in [0.1, 0.15) is 0 Å². The summed E-state index contributed by atoms with van der Waals surface area (Å²) in [6, 6.07) is 10.4. The van der Waals surface area contributed by atoms with Gasteiger partial charge in [-0.15, -0.1) is 0 Å². The van der Waals surface area contributed by atoms with Gasteiger partial charge in [0, 0.05) is 11.4 Å². The van der Waals surface area contributed by atoms with Gasteiger partial charge in [0.2, 0.25) is 0 Å². The Balaban J connectivity index is 2.95. The highest BCUT2D eigenvalue weighted by molar-refractivity contribution is 5.59. The maximum atomic E-state index is 3.85. The van der Waals surface area contributed by atoms with Crippen LogP contribution < -0.4 is 10.6 Å². The molecule has 0 radical (unpaired) electrons. The van der Waals surface area contributed by atoms with Gasteiger partial charge in [0.25, 0.3) is 0 Å². The number of nitrogens with zero attached hydrogens (tertiary/aromatic N) is 1. The largest absolute Gasteiger partial charge is 0.310 e. The highest BCUT2D eigenvalue weighted by Crippen LogP contribution is 2.12. The Labute approximate surface area is 126 Å². The van der Waals surface area contributed by atoms with Crippen molar-refractivity contribution in [3.8, 4) is 5.69 Å². The van der Waals surface area contributed by atoms with E-state index in [-0.39, 0.29) is 0 Å². The SMILES string of the molecule is C=C/C=C\c1c(C)c(=C/C)/c(=C\C=C)n1-c1ccccc1. The fourth-order valence-electron chi connectivity index (χ4n) is 2.60. The van der Waals surface area contributed by atoms with E-state index in [1.807, 2.05) is 18.2 Å². The summed E-state index contributed by atoms with van der Waals surface area (Å²) in [4.78, 5) is 0. The second-order valence-electron chi connectivity index (χ2n) is 4.77. The Hall–Kier alpha value is -2.54. The maximum Gasteiger partial charge on any atom is 0.0534 e. The van der Waals surface area contributed by atoms with Crippen molar-refractivity contribution in [2.24, 2.45) is 0 Å². The van der Waals surface area contributed by atoms with Crippen molar-refractivity contribution in [1.82, 2.24) is 4.57 Å². The van der Waals surface area contributed by atoms with Crippen LogP contribution in [0.5, 0.6) is 0 Å². The van der Waals surface area contributed by atoms with E-state index in [9.17, 15) is 0 Å². The summed E-state index contributed by atoms with van der Waals surface area (Å²) >= 11 is 0. The predicted octanol–water partition coefficient (Wildman–Crippen LogP) is 3.75. The van der Waals surface area contributed by atoms with Crippen molar-refractivity contribution < 1.29 is 0 Å². The molecule has 0 aliphatic heterocycles. The summed E-state index contributed by atoms with van der Waals surface area (Å²) in [6.45, 7) is 11.8. The lowest BCUT2D eigenvalue weighted by atomic mass is 10.2. The Morgan fingerprint density at radius 2 is 1.76 bits per heavy atom. The Morgan fingerprint density at radius 1 is 1.05 bits per heavy atom. The highest BCUT2D eigenvalue weighted by atomic mass is 15.0. The molecule has 0 bridgehead atoms. The van der Waals surface area contributed by atoms with Gasteiger partial charge in [0.05, 0.1) is 5.35 Å². The lowest BCUT2D eigenvalue weighted by Gasteiger charge is -2.08. The molecule has 106 valence electrons. The third kappa shape index (κ3) is 2.82. The minimum Gasteiger partial charge on any atom is -0.310 e. The summed E-state index contributed by atoms with van der Waals surface area (Å²) in [5.74, 6) is 0. The first kappa shape index (κ1) is 14.9. The standard InChI is InChI=1S/C20H21N/c1-5-8-15-19-16(4)18(7-3)20(12-6-2)21(19)17-13-10-9-11-14-17/h5-15H,1-2H2,3-4H3/b15-8-,18-7-,20-12+. The summed E-state index contributed by atoms with van der Waals surface area (Å²) in [6.07, 6.45) is 11.9. The van der Waals surface area contributed by atoms with Gasteiger partial charge in [-0.3, -0.25) is 0 Å². The van der Waals surface area contributed by atoms with E-state index in [0.717, 1.165) is 11.0 Å². The van der Waals surface area contributed by atoms with Crippen LogP contribution in [0.15, 0.2) is 61.7 Å². The number of hydrogen-bond donors (Lipinski definition) is 0. The number of rotatable bonds is 4. The summed E-state index contributed by atoms with van der Waals surface area (Å²) in [5, 5.41) is 2.39. The smallest absolute Gasteiger partial charge is 0.0534 e. The summed E-state index contributed by atoms with van der Waals surface area (Å²) < 4.78 is 2.26. The van der Waals surface area contributed by atoms with Crippen LogP contribution in [0.2, 0.25) is 0 Å². The monoisotopic (exact) mass is 275 g/mol. The fraction of sp³-hybridized carbons (Fsp3) is 0.100. The van der Waals surface area contributed by atoms with Gasteiger partial charge in [-0.1, -0.05) is 55.7 Å². The first-order valence-electron chi connectivity index (χ1n) is 7.09. The molecule has 0 amide bonds. The number of aromatic nitrogens is 1. The van der Waals surface area contributed by atoms with Crippen LogP contribution >= 0.6 is 0 Å². The van der Waals surface area contributed by atoms with E-state index in [0.29, 0.717) is 0 Å². The zero-order chi connectivity index (χ0) is 15.2. The summed E-state index contributed by atoms with van der Waals surface area (Å²) in [5.41, 5.74) is 3.57. The predicted molar refractivity (Wildman–Crippen MR) is 93.8 cm³/mol. The van der Waals surface area contributed by atoms with E-state index in [1.54, 1.807) is 6.08 Å². The molecule has 0 atom stereocenters. The molecule has 0 saturated carbocycles. The van der Waals surface area contributed by atoms with Crippen molar-refractivity contribution in [3.05, 3.63) is 83.5 Å². The summed E-state index contributed by atoms with van der Waals surface area (Å²) in [7, 11) is 0. The van der Waals surface area contributed by atoms with Crippen LogP contribution in [-0.4, -0.2) is 4.57 Å². The molecule has 0 saturated heterocycles. The molecular formula is C20H21N. The van der Waals surface area contributed by atoms with E-state index in [4.69, 9.17) is 0 Å². The first-order valence-corrected chi connectivity index (χ1v) is 7.09. The molecule has 0 N–H and O–H groups in total. The molecule has 21 heavy (non-hydrogen) atoms. The van der Waals surface area contributed by atoms with Crippen molar-refractivity contribution in [1.29, 1.82) is 0 Å². The lowest BCUT2D eigenvalue weighted by Crippen LogP contribution is -2.28. The Kier molecular flexibility index (Phi) is 4.78. The van der Waals surface area contributed by atoms with Gasteiger partial charge in [-0.25, -0.2) is 0 Å². The Bertz CT molecular complexity index is 787.